The van der Waals surface area contributed by atoms with Gasteiger partial charge in [-0.1, -0.05) is 13.3 Å². The molecule has 1 aromatic rings. The molecule has 2 fully saturated rings. The van der Waals surface area contributed by atoms with Crippen LogP contribution in [0.1, 0.15) is 43.5 Å². The van der Waals surface area contributed by atoms with Gasteiger partial charge in [0.1, 0.15) is 48.0 Å². The van der Waals surface area contributed by atoms with Gasteiger partial charge in [-0.05, 0) is 44.9 Å². The molecular weight excluding hydrogens is 544 g/mol. The minimum Gasteiger partial charge on any atom is -0.508 e. The van der Waals surface area contributed by atoms with Crippen LogP contribution in [-0.4, -0.2) is 123 Å². The highest BCUT2D eigenvalue weighted by Gasteiger charge is 2.49. The van der Waals surface area contributed by atoms with Gasteiger partial charge in [0, 0.05) is 25.5 Å². The van der Waals surface area contributed by atoms with E-state index in [0.717, 1.165) is 55.8 Å². The summed E-state index contributed by atoms with van der Waals surface area (Å²) in [5.41, 5.74) is -1.03. The predicted molar refractivity (Wildman–Crippen MR) is 147 cm³/mol. The first-order valence-electron chi connectivity index (χ1n) is 13.5. The van der Waals surface area contributed by atoms with Crippen molar-refractivity contribution in [2.75, 3.05) is 33.1 Å². The first kappa shape index (κ1) is 32.4. The van der Waals surface area contributed by atoms with Crippen molar-refractivity contribution in [2.45, 2.75) is 81.1 Å². The largest absolute Gasteiger partial charge is 0.508 e. The molecule has 3 rings (SSSR count). The van der Waals surface area contributed by atoms with Crippen molar-refractivity contribution in [1.82, 2.24) is 10.2 Å². The van der Waals surface area contributed by atoms with E-state index in [2.05, 4.69) is 12.2 Å². The van der Waals surface area contributed by atoms with Gasteiger partial charge in [-0.25, -0.2) is 4.79 Å². The molecule has 2 aliphatic rings. The summed E-state index contributed by atoms with van der Waals surface area (Å²) in [5, 5.41) is 54.1. The van der Waals surface area contributed by atoms with Crippen LogP contribution in [0.4, 0.5) is 0 Å². The van der Waals surface area contributed by atoms with Gasteiger partial charge in [-0.2, -0.15) is 0 Å². The molecule has 0 aromatic heterocycles. The Hall–Kier alpha value is -2.13. The van der Waals surface area contributed by atoms with Gasteiger partial charge in [-0.15, -0.1) is 11.8 Å². The average molecular weight is 587 g/mol. The lowest BCUT2D eigenvalue weighted by Crippen LogP contribution is -2.66. The predicted octanol–water partition coefficient (Wildman–Crippen LogP) is 0.436. The Morgan fingerprint density at radius 3 is 2.45 bits per heavy atom. The second kappa shape index (κ2) is 14.7. The summed E-state index contributed by atoms with van der Waals surface area (Å²) in [4.78, 5) is 27.6. The number of carbonyl (C=O) groups excluding carboxylic acids is 2. The number of rotatable bonds is 12. The molecule has 12 nitrogen and oxygen atoms in total. The molecule has 0 radical (unpaired) electrons. The zero-order valence-electron chi connectivity index (χ0n) is 23.3. The number of amides is 1. The van der Waals surface area contributed by atoms with Crippen LogP contribution in [0.15, 0.2) is 18.2 Å². The highest BCUT2D eigenvalue weighted by molar-refractivity contribution is 7.99. The van der Waals surface area contributed by atoms with Crippen LogP contribution in [0.3, 0.4) is 0 Å². The molecule has 0 saturated carbocycles. The first-order valence-corrected chi connectivity index (χ1v) is 14.6. The van der Waals surface area contributed by atoms with Crippen molar-refractivity contribution in [1.29, 1.82) is 0 Å². The van der Waals surface area contributed by atoms with E-state index >= 15 is 0 Å². The summed E-state index contributed by atoms with van der Waals surface area (Å²) in [6.07, 6.45) is -3.39. The third kappa shape index (κ3) is 7.99. The zero-order chi connectivity index (χ0) is 29.6. The smallest absolute Gasteiger partial charge is 0.338 e. The number of carbonyl (C=O) groups is 2. The van der Waals surface area contributed by atoms with Crippen molar-refractivity contribution < 1.29 is 49.3 Å². The molecule has 9 atom stereocenters. The van der Waals surface area contributed by atoms with E-state index in [0.29, 0.717) is 5.92 Å². The minimum absolute atomic E-state index is 0.0314. The quantitative estimate of drug-likeness (QED) is 0.147. The topological polar surface area (TPSA) is 178 Å². The number of nitrogens with zero attached hydrogens (tertiary/aromatic N) is 1. The lowest BCUT2D eigenvalue weighted by atomic mass is 9.91. The molecule has 0 spiro atoms. The molecule has 1 amide bonds. The number of hydrogen-bond acceptors (Lipinski definition) is 12. The van der Waals surface area contributed by atoms with Gasteiger partial charge in [-0.3, -0.25) is 9.69 Å². The van der Waals surface area contributed by atoms with Crippen molar-refractivity contribution >= 4 is 23.6 Å². The van der Waals surface area contributed by atoms with Crippen molar-refractivity contribution in [3.05, 3.63) is 23.8 Å². The third-order valence-corrected chi connectivity index (χ3v) is 8.64. The molecule has 6 N–H and O–H groups in total. The number of thioether (sulfide) groups is 1. The van der Waals surface area contributed by atoms with Crippen LogP contribution >= 0.6 is 11.8 Å². The molecule has 2 aliphatic heterocycles. The van der Waals surface area contributed by atoms with E-state index in [4.69, 9.17) is 14.2 Å². The van der Waals surface area contributed by atoms with Crippen LogP contribution in [0.2, 0.25) is 0 Å². The van der Waals surface area contributed by atoms with Crippen LogP contribution in [0.5, 0.6) is 11.5 Å². The van der Waals surface area contributed by atoms with Crippen molar-refractivity contribution in [2.24, 2.45) is 5.92 Å². The van der Waals surface area contributed by atoms with E-state index in [1.807, 2.05) is 11.9 Å². The molecule has 40 heavy (non-hydrogen) atoms. The fourth-order valence-corrected chi connectivity index (χ4v) is 6.28. The SMILES string of the molecule is CCC[C@@H]1C[C@@H](C(=O)N[C@@H]([C@H]2O[C@H](SCCOC(=O)c3cc(O)cc(O)c3)[C@H](O)[C@@H](O)[C@H]2O)[C@@H](C)OC)N(C)C1. The van der Waals surface area contributed by atoms with E-state index in [1.165, 1.54) is 7.11 Å². The van der Waals surface area contributed by atoms with Gasteiger partial charge in [0.15, 0.2) is 0 Å². The highest BCUT2D eigenvalue weighted by atomic mass is 32.2. The second-order valence-corrected chi connectivity index (χ2v) is 11.7. The van der Waals surface area contributed by atoms with Gasteiger partial charge < -0.3 is 45.1 Å². The van der Waals surface area contributed by atoms with Crippen LogP contribution < -0.4 is 5.32 Å². The zero-order valence-corrected chi connectivity index (χ0v) is 24.1. The molecule has 2 heterocycles. The molecular formula is C27H42N2O10S. The number of aliphatic hydroxyl groups is 3. The molecule has 0 aliphatic carbocycles. The minimum atomic E-state index is -1.55. The Morgan fingerprint density at radius 1 is 1.15 bits per heavy atom. The molecule has 2 saturated heterocycles. The second-order valence-electron chi connectivity index (χ2n) is 10.5. The first-order chi connectivity index (χ1) is 19.0. The number of methoxy groups -OCH3 is 1. The molecule has 0 bridgehead atoms. The standard InChI is InChI=1S/C27H42N2O10S/c1-5-6-15-9-19(29(3)13-15)25(35)28-20(14(2)37-4)24-22(33)21(32)23(34)27(39-24)40-8-7-38-26(36)16-10-17(30)12-18(31)11-16/h10-12,14-15,19-24,27,30-34H,5-9,13H2,1-4H3,(H,28,35)/t14-,15-,19+,20-,21+,22-,23-,24-,27-/m1/s1. The Kier molecular flexibility index (Phi) is 11.9. The maximum atomic E-state index is 13.3. The number of phenols is 2. The van der Waals surface area contributed by atoms with E-state index in [-0.39, 0.29) is 41.4 Å². The van der Waals surface area contributed by atoms with E-state index < -0.39 is 48.0 Å². The Morgan fingerprint density at radius 2 is 1.82 bits per heavy atom. The number of ether oxygens (including phenoxy) is 3. The summed E-state index contributed by atoms with van der Waals surface area (Å²) < 4.78 is 16.7. The summed E-state index contributed by atoms with van der Waals surface area (Å²) >= 11 is 1.06. The maximum absolute atomic E-state index is 13.3. The fourth-order valence-electron chi connectivity index (χ4n) is 5.31. The van der Waals surface area contributed by atoms with Crippen molar-refractivity contribution in [3.63, 3.8) is 0 Å². The normalized spacial score (nSPS) is 30.5. The van der Waals surface area contributed by atoms with Gasteiger partial charge in [0.05, 0.1) is 23.8 Å². The summed E-state index contributed by atoms with van der Waals surface area (Å²) in [6.45, 7) is 4.55. The fraction of sp³-hybridized carbons (Fsp3) is 0.704. The monoisotopic (exact) mass is 586 g/mol. The number of benzene rings is 1. The molecule has 1 aromatic carbocycles. The number of hydrogen-bond donors (Lipinski definition) is 6. The van der Waals surface area contributed by atoms with Gasteiger partial charge >= 0.3 is 5.97 Å². The summed E-state index contributed by atoms with van der Waals surface area (Å²) in [6, 6.07) is 2.23. The molecule has 226 valence electrons. The van der Waals surface area contributed by atoms with E-state index in [9.17, 15) is 35.1 Å². The van der Waals surface area contributed by atoms with E-state index in [1.54, 1.807) is 6.92 Å². The number of aliphatic hydroxyl groups excluding tert-OH is 3. The number of esters is 1. The number of nitrogens with one attached hydrogen (secondary N) is 1. The lowest BCUT2D eigenvalue weighted by molar-refractivity contribution is -0.212. The van der Waals surface area contributed by atoms with Gasteiger partial charge in [0.2, 0.25) is 5.91 Å². The Balaban J connectivity index is 1.63. The van der Waals surface area contributed by atoms with Gasteiger partial charge in [0.25, 0.3) is 0 Å². The number of phenolic OH excluding ortho intramolecular Hbond substituents is 2. The summed E-state index contributed by atoms with van der Waals surface area (Å²) in [7, 11) is 3.37. The third-order valence-electron chi connectivity index (χ3n) is 7.52. The average Bonchev–Trinajstić information content (AvgIpc) is 3.28. The summed E-state index contributed by atoms with van der Waals surface area (Å²) in [5.74, 6) is -0.973. The van der Waals surface area contributed by atoms with Crippen molar-refractivity contribution in [3.8, 4) is 11.5 Å². The molecule has 13 heteroatoms. The van der Waals surface area contributed by atoms with Crippen LogP contribution in [0.25, 0.3) is 0 Å². The number of likely N-dealkylation sites (tertiary alicyclic amines) is 1. The highest BCUT2D eigenvalue weighted by Crippen LogP contribution is 2.32. The Labute approximate surface area is 238 Å². The Bertz CT molecular complexity index is 980. The molecule has 0 unspecified atom stereocenters. The lowest BCUT2D eigenvalue weighted by Gasteiger charge is -2.44. The number of aromatic hydroxyl groups is 2. The van der Waals surface area contributed by atoms with Crippen LogP contribution in [-0.2, 0) is 19.0 Å². The number of likely N-dealkylation sites (N-methyl/N-ethyl adjacent to an activating group) is 1. The maximum Gasteiger partial charge on any atom is 0.338 e. The van der Waals surface area contributed by atoms with Crippen LogP contribution in [0, 0.1) is 5.92 Å².